The predicted octanol–water partition coefficient (Wildman–Crippen LogP) is 5.12. The standard InChI is InChI=1S/C14H30OSi/c1-5-9-14(10-6-2)11-8-13-16(4,15-14)12-7-3/h5-13H2,1-4H3. The average Bonchev–Trinajstić information content (AvgIpc) is 2.18. The molecule has 1 atom stereocenters. The minimum atomic E-state index is -1.35. The first kappa shape index (κ1) is 14.2. The van der Waals surface area contributed by atoms with Crippen molar-refractivity contribution in [3.05, 3.63) is 0 Å². The van der Waals surface area contributed by atoms with Crippen molar-refractivity contribution in [3.63, 3.8) is 0 Å². The summed E-state index contributed by atoms with van der Waals surface area (Å²) in [7, 11) is -1.35. The minimum absolute atomic E-state index is 0.276. The van der Waals surface area contributed by atoms with E-state index in [9.17, 15) is 0 Å². The Balaban J connectivity index is 2.69. The van der Waals surface area contributed by atoms with Gasteiger partial charge in [0, 0.05) is 0 Å². The molecule has 1 aliphatic rings. The second kappa shape index (κ2) is 6.20. The summed E-state index contributed by atoms with van der Waals surface area (Å²) in [6.45, 7) is 9.37. The van der Waals surface area contributed by atoms with Crippen LogP contribution < -0.4 is 0 Å². The highest BCUT2D eigenvalue weighted by atomic mass is 28.4. The molecule has 0 aromatic rings. The molecule has 0 radical (unpaired) electrons. The molecule has 1 rings (SSSR count). The average molecular weight is 242 g/mol. The Morgan fingerprint density at radius 3 is 2.19 bits per heavy atom. The van der Waals surface area contributed by atoms with E-state index >= 15 is 0 Å². The molecule has 0 saturated carbocycles. The molecule has 1 saturated heterocycles. The highest BCUT2D eigenvalue weighted by Crippen LogP contribution is 2.41. The summed E-state index contributed by atoms with van der Waals surface area (Å²) in [6.07, 6.45) is 9.16. The van der Waals surface area contributed by atoms with Crippen molar-refractivity contribution in [1.29, 1.82) is 0 Å². The number of hydrogen-bond acceptors (Lipinski definition) is 1. The molecule has 96 valence electrons. The van der Waals surface area contributed by atoms with Gasteiger partial charge in [-0.25, -0.2) is 0 Å². The lowest BCUT2D eigenvalue weighted by molar-refractivity contribution is 0.0145. The van der Waals surface area contributed by atoms with Gasteiger partial charge in [0.05, 0.1) is 5.60 Å². The van der Waals surface area contributed by atoms with Gasteiger partial charge in [-0.05, 0) is 37.9 Å². The molecule has 0 bridgehead atoms. The van der Waals surface area contributed by atoms with Crippen LogP contribution in [0.25, 0.3) is 0 Å². The lowest BCUT2D eigenvalue weighted by Gasteiger charge is -2.46. The van der Waals surface area contributed by atoms with Gasteiger partial charge in [0.2, 0.25) is 0 Å². The van der Waals surface area contributed by atoms with Crippen LogP contribution in [-0.4, -0.2) is 13.9 Å². The topological polar surface area (TPSA) is 9.23 Å². The van der Waals surface area contributed by atoms with E-state index in [0.717, 1.165) is 0 Å². The van der Waals surface area contributed by atoms with Gasteiger partial charge in [0.1, 0.15) is 0 Å². The van der Waals surface area contributed by atoms with Crippen LogP contribution in [-0.2, 0) is 4.43 Å². The third-order valence-corrected chi connectivity index (χ3v) is 7.89. The molecule has 0 aromatic heterocycles. The van der Waals surface area contributed by atoms with Crippen LogP contribution in [0.3, 0.4) is 0 Å². The molecular weight excluding hydrogens is 212 g/mol. The van der Waals surface area contributed by atoms with Crippen LogP contribution in [0, 0.1) is 0 Å². The molecule has 1 unspecified atom stereocenters. The zero-order valence-electron chi connectivity index (χ0n) is 11.8. The van der Waals surface area contributed by atoms with Gasteiger partial charge >= 0.3 is 0 Å². The Morgan fingerprint density at radius 2 is 1.69 bits per heavy atom. The van der Waals surface area contributed by atoms with Gasteiger partial charge in [-0.15, -0.1) is 0 Å². The third-order valence-electron chi connectivity index (χ3n) is 3.99. The van der Waals surface area contributed by atoms with Gasteiger partial charge in [-0.1, -0.05) is 46.5 Å². The fourth-order valence-electron chi connectivity index (χ4n) is 3.50. The highest BCUT2D eigenvalue weighted by molar-refractivity contribution is 6.72. The largest absolute Gasteiger partial charge is 0.412 e. The van der Waals surface area contributed by atoms with E-state index in [4.69, 9.17) is 4.43 Å². The molecule has 0 aliphatic carbocycles. The first-order valence-corrected chi connectivity index (χ1v) is 10.1. The van der Waals surface area contributed by atoms with Crippen LogP contribution in [0.5, 0.6) is 0 Å². The first-order chi connectivity index (χ1) is 7.60. The van der Waals surface area contributed by atoms with E-state index in [1.54, 1.807) is 0 Å². The van der Waals surface area contributed by atoms with Crippen molar-refractivity contribution in [1.82, 2.24) is 0 Å². The third kappa shape index (κ3) is 3.59. The van der Waals surface area contributed by atoms with E-state index in [1.165, 1.54) is 57.0 Å². The SMILES string of the molecule is CCCC1(CCC)CCC[Si](C)(CCC)O1. The van der Waals surface area contributed by atoms with Gasteiger partial charge in [-0.3, -0.25) is 0 Å². The predicted molar refractivity (Wildman–Crippen MR) is 74.4 cm³/mol. The summed E-state index contributed by atoms with van der Waals surface area (Å²) in [5.74, 6) is 0. The normalized spacial score (nSPS) is 29.2. The molecule has 1 aliphatic heterocycles. The van der Waals surface area contributed by atoms with Crippen molar-refractivity contribution in [2.45, 2.75) is 90.0 Å². The Hall–Kier alpha value is 0.177. The molecule has 2 heteroatoms. The van der Waals surface area contributed by atoms with Gasteiger partial charge in [-0.2, -0.15) is 0 Å². The summed E-state index contributed by atoms with van der Waals surface area (Å²) < 4.78 is 6.72. The minimum Gasteiger partial charge on any atom is -0.412 e. The van der Waals surface area contributed by atoms with Crippen LogP contribution in [0.4, 0.5) is 0 Å². The van der Waals surface area contributed by atoms with Crippen molar-refractivity contribution >= 4 is 8.32 Å². The van der Waals surface area contributed by atoms with Crippen LogP contribution in [0.2, 0.25) is 18.6 Å². The van der Waals surface area contributed by atoms with Gasteiger partial charge in [0.25, 0.3) is 0 Å². The smallest absolute Gasteiger partial charge is 0.190 e. The highest BCUT2D eigenvalue weighted by Gasteiger charge is 2.42. The molecule has 16 heavy (non-hydrogen) atoms. The van der Waals surface area contributed by atoms with E-state index < -0.39 is 8.32 Å². The fraction of sp³-hybridized carbons (Fsp3) is 1.00. The van der Waals surface area contributed by atoms with Crippen LogP contribution in [0.1, 0.15) is 65.7 Å². The van der Waals surface area contributed by atoms with Gasteiger partial charge in [0.15, 0.2) is 8.32 Å². The molecule has 0 spiro atoms. The molecule has 1 heterocycles. The quantitative estimate of drug-likeness (QED) is 0.587. The first-order valence-electron chi connectivity index (χ1n) is 7.30. The van der Waals surface area contributed by atoms with Crippen molar-refractivity contribution in [2.24, 2.45) is 0 Å². The van der Waals surface area contributed by atoms with Crippen LogP contribution in [0.15, 0.2) is 0 Å². The Bertz CT molecular complexity index is 189. The summed E-state index contributed by atoms with van der Waals surface area (Å²) >= 11 is 0. The number of hydrogen-bond donors (Lipinski definition) is 0. The molecule has 1 nitrogen and oxygen atoms in total. The number of rotatable bonds is 6. The lowest BCUT2D eigenvalue weighted by atomic mass is 9.88. The zero-order valence-corrected chi connectivity index (χ0v) is 12.8. The molecule has 0 aromatic carbocycles. The monoisotopic (exact) mass is 242 g/mol. The van der Waals surface area contributed by atoms with E-state index in [0.29, 0.717) is 0 Å². The maximum Gasteiger partial charge on any atom is 0.190 e. The Labute approximate surface area is 103 Å². The fourth-order valence-corrected chi connectivity index (χ4v) is 7.29. The van der Waals surface area contributed by atoms with E-state index in [-0.39, 0.29) is 5.60 Å². The van der Waals surface area contributed by atoms with Crippen molar-refractivity contribution in [3.8, 4) is 0 Å². The van der Waals surface area contributed by atoms with Crippen LogP contribution >= 0.6 is 0 Å². The summed E-state index contributed by atoms with van der Waals surface area (Å²) in [6, 6.07) is 2.76. The van der Waals surface area contributed by atoms with E-state index in [2.05, 4.69) is 27.3 Å². The lowest BCUT2D eigenvalue weighted by Crippen LogP contribution is -2.50. The summed E-state index contributed by atoms with van der Waals surface area (Å²) in [5.41, 5.74) is 0.276. The molecule has 0 N–H and O–H groups in total. The second-order valence-electron chi connectivity index (χ2n) is 5.84. The molecule has 1 fully saturated rings. The zero-order chi connectivity index (χ0) is 12.1. The van der Waals surface area contributed by atoms with Crippen molar-refractivity contribution in [2.75, 3.05) is 0 Å². The van der Waals surface area contributed by atoms with Crippen molar-refractivity contribution < 1.29 is 4.43 Å². The second-order valence-corrected chi connectivity index (χ2v) is 9.94. The van der Waals surface area contributed by atoms with Gasteiger partial charge < -0.3 is 4.43 Å². The Morgan fingerprint density at radius 1 is 1.06 bits per heavy atom. The summed E-state index contributed by atoms with van der Waals surface area (Å²) in [5, 5.41) is 0. The summed E-state index contributed by atoms with van der Waals surface area (Å²) in [4.78, 5) is 0. The molecule has 0 amide bonds. The molecular formula is C14H30OSi. The Kier molecular flexibility index (Phi) is 5.52. The maximum absolute atomic E-state index is 6.72. The van der Waals surface area contributed by atoms with E-state index in [1.807, 2.05) is 0 Å². The maximum atomic E-state index is 6.72.